The number of carbonyl (C=O) groups is 1. The molecule has 2 aromatic rings. The lowest BCUT2D eigenvalue weighted by molar-refractivity contribution is 0.0943. The van der Waals surface area contributed by atoms with E-state index in [1.54, 1.807) is 0 Å². The molecular weight excluding hydrogens is 289 g/mol. The molecule has 0 radical (unpaired) electrons. The normalized spacial score (nSPS) is 11.7. The second kappa shape index (κ2) is 7.05. The summed E-state index contributed by atoms with van der Waals surface area (Å²) >= 11 is 0. The van der Waals surface area contributed by atoms with E-state index in [0.29, 0.717) is 18.7 Å². The van der Waals surface area contributed by atoms with E-state index in [0.717, 1.165) is 0 Å². The number of benzene rings is 2. The van der Waals surface area contributed by atoms with Gasteiger partial charge < -0.3 is 0 Å². The number of carbonyl (C=O) groups excluding carboxylic acids is 1. The Hall–Kier alpha value is -2.00. The molecule has 0 saturated heterocycles. The third-order valence-corrected chi connectivity index (χ3v) is 3.85. The lowest BCUT2D eigenvalue weighted by atomic mass is 9.87. The van der Waals surface area contributed by atoms with E-state index in [1.807, 2.05) is 11.9 Å². The molecular formula is C20H24FNO. The Balaban J connectivity index is 1.95. The van der Waals surface area contributed by atoms with Crippen LogP contribution in [0.5, 0.6) is 0 Å². The summed E-state index contributed by atoms with van der Waals surface area (Å²) in [5, 5.41) is 0. The Morgan fingerprint density at radius 3 is 2.09 bits per heavy atom. The van der Waals surface area contributed by atoms with Gasteiger partial charge in [-0.3, -0.25) is 9.69 Å². The van der Waals surface area contributed by atoms with Gasteiger partial charge in [0.15, 0.2) is 5.78 Å². The maximum Gasteiger partial charge on any atom is 0.176 e. The minimum absolute atomic E-state index is 0.00110. The van der Waals surface area contributed by atoms with E-state index in [-0.39, 0.29) is 17.0 Å². The monoisotopic (exact) mass is 313 g/mol. The van der Waals surface area contributed by atoms with Crippen molar-refractivity contribution in [3.05, 3.63) is 71.0 Å². The van der Waals surface area contributed by atoms with Gasteiger partial charge in [-0.05, 0) is 47.9 Å². The van der Waals surface area contributed by atoms with Crippen molar-refractivity contribution in [1.29, 1.82) is 0 Å². The van der Waals surface area contributed by atoms with Crippen LogP contribution in [0.4, 0.5) is 4.39 Å². The topological polar surface area (TPSA) is 20.3 Å². The Morgan fingerprint density at radius 1 is 1.00 bits per heavy atom. The van der Waals surface area contributed by atoms with Crippen molar-refractivity contribution in [2.45, 2.75) is 32.7 Å². The first-order valence-corrected chi connectivity index (χ1v) is 7.82. The van der Waals surface area contributed by atoms with Gasteiger partial charge in [-0.2, -0.15) is 0 Å². The molecule has 0 aliphatic heterocycles. The molecule has 0 saturated carbocycles. The van der Waals surface area contributed by atoms with Gasteiger partial charge in [0, 0.05) is 12.1 Å². The van der Waals surface area contributed by atoms with Gasteiger partial charge in [-0.15, -0.1) is 0 Å². The first-order chi connectivity index (χ1) is 10.8. The molecule has 122 valence electrons. The van der Waals surface area contributed by atoms with Gasteiger partial charge in [0.25, 0.3) is 0 Å². The molecule has 23 heavy (non-hydrogen) atoms. The van der Waals surface area contributed by atoms with Crippen LogP contribution in [0.2, 0.25) is 0 Å². The minimum atomic E-state index is -0.325. The zero-order valence-electron chi connectivity index (χ0n) is 14.3. The maximum absolute atomic E-state index is 12.9. The van der Waals surface area contributed by atoms with Gasteiger partial charge in [0.2, 0.25) is 0 Å². The molecule has 0 unspecified atom stereocenters. The largest absolute Gasteiger partial charge is 0.295 e. The molecule has 0 N–H and O–H groups in total. The Kier molecular flexibility index (Phi) is 5.32. The molecule has 0 aliphatic rings. The summed E-state index contributed by atoms with van der Waals surface area (Å²) < 4.78 is 12.9. The molecule has 0 spiro atoms. The molecule has 0 heterocycles. The molecule has 0 aromatic heterocycles. The summed E-state index contributed by atoms with van der Waals surface area (Å²) in [6.07, 6.45) is 0. The molecule has 0 bridgehead atoms. The van der Waals surface area contributed by atoms with Crippen LogP contribution >= 0.6 is 0 Å². The van der Waals surface area contributed by atoms with E-state index in [4.69, 9.17) is 0 Å². The van der Waals surface area contributed by atoms with Crippen LogP contribution in [0.1, 0.15) is 42.3 Å². The van der Waals surface area contributed by atoms with Crippen LogP contribution in [-0.4, -0.2) is 24.3 Å². The molecule has 0 aliphatic carbocycles. The quantitative estimate of drug-likeness (QED) is 0.761. The number of likely N-dealkylation sites (N-methyl/N-ethyl adjacent to an activating group) is 1. The summed E-state index contributed by atoms with van der Waals surface area (Å²) in [5.41, 5.74) is 3.16. The number of Topliss-reactive ketones (excluding diaryl/α,β-unsaturated/α-hetero) is 1. The van der Waals surface area contributed by atoms with Gasteiger partial charge in [0.05, 0.1) is 6.54 Å². The molecule has 2 rings (SSSR count). The Bertz CT molecular complexity index is 654. The number of hydrogen-bond acceptors (Lipinski definition) is 2. The van der Waals surface area contributed by atoms with Gasteiger partial charge in [0.1, 0.15) is 5.82 Å². The Labute approximate surface area is 137 Å². The van der Waals surface area contributed by atoms with Crippen LogP contribution in [0.3, 0.4) is 0 Å². The Morgan fingerprint density at radius 2 is 1.57 bits per heavy atom. The maximum atomic E-state index is 12.9. The van der Waals surface area contributed by atoms with E-state index < -0.39 is 0 Å². The van der Waals surface area contributed by atoms with Gasteiger partial charge >= 0.3 is 0 Å². The lowest BCUT2D eigenvalue weighted by Crippen LogP contribution is -2.25. The number of rotatable bonds is 5. The molecule has 2 aromatic carbocycles. The molecule has 2 nitrogen and oxygen atoms in total. The third kappa shape index (κ3) is 5.00. The third-order valence-electron chi connectivity index (χ3n) is 3.85. The lowest BCUT2D eigenvalue weighted by Gasteiger charge is -2.20. The smallest absolute Gasteiger partial charge is 0.176 e. The van der Waals surface area contributed by atoms with Crippen LogP contribution in [-0.2, 0) is 12.0 Å². The standard InChI is InChI=1S/C20H24FNO/c1-20(2,3)17-9-5-15(6-10-17)13-22(4)14-19(23)16-7-11-18(21)12-8-16/h5-12H,13-14H2,1-4H3. The SMILES string of the molecule is CN(CC(=O)c1ccc(F)cc1)Cc1ccc(C(C)(C)C)cc1. The van der Waals surface area contributed by atoms with Crippen molar-refractivity contribution in [3.63, 3.8) is 0 Å². The molecule has 0 atom stereocenters. The molecule has 0 amide bonds. The minimum Gasteiger partial charge on any atom is -0.295 e. The highest BCUT2D eigenvalue weighted by Crippen LogP contribution is 2.22. The first kappa shape index (κ1) is 17.4. The highest BCUT2D eigenvalue weighted by Gasteiger charge is 2.14. The number of hydrogen-bond donors (Lipinski definition) is 0. The van der Waals surface area contributed by atoms with Crippen LogP contribution in [0.25, 0.3) is 0 Å². The predicted octanol–water partition coefficient (Wildman–Crippen LogP) is 4.44. The fourth-order valence-corrected chi connectivity index (χ4v) is 2.45. The summed E-state index contributed by atoms with van der Waals surface area (Å²) in [6, 6.07) is 14.2. The second-order valence-electron chi connectivity index (χ2n) is 7.05. The van der Waals surface area contributed by atoms with Crippen LogP contribution in [0, 0.1) is 5.82 Å². The molecule has 3 heteroatoms. The predicted molar refractivity (Wildman–Crippen MR) is 92.2 cm³/mol. The zero-order chi connectivity index (χ0) is 17.0. The van der Waals surface area contributed by atoms with Crippen molar-refractivity contribution in [3.8, 4) is 0 Å². The van der Waals surface area contributed by atoms with Crippen molar-refractivity contribution in [2.24, 2.45) is 0 Å². The van der Waals surface area contributed by atoms with Crippen LogP contribution in [0.15, 0.2) is 48.5 Å². The van der Waals surface area contributed by atoms with Crippen molar-refractivity contribution in [2.75, 3.05) is 13.6 Å². The van der Waals surface area contributed by atoms with E-state index in [1.165, 1.54) is 35.4 Å². The summed E-state index contributed by atoms with van der Waals surface area (Å²) in [6.45, 7) is 7.59. The fraction of sp³-hybridized carbons (Fsp3) is 0.350. The highest BCUT2D eigenvalue weighted by atomic mass is 19.1. The average Bonchev–Trinajstić information content (AvgIpc) is 2.47. The number of ketones is 1. The van der Waals surface area contributed by atoms with E-state index >= 15 is 0 Å². The summed E-state index contributed by atoms with van der Waals surface area (Å²) in [5.74, 6) is -0.326. The summed E-state index contributed by atoms with van der Waals surface area (Å²) in [7, 11) is 1.92. The van der Waals surface area contributed by atoms with Crippen molar-refractivity contribution in [1.82, 2.24) is 4.90 Å². The van der Waals surface area contributed by atoms with Gasteiger partial charge in [-0.1, -0.05) is 45.0 Å². The molecule has 0 fully saturated rings. The fourth-order valence-electron chi connectivity index (χ4n) is 2.45. The number of nitrogens with zero attached hydrogens (tertiary/aromatic N) is 1. The van der Waals surface area contributed by atoms with Gasteiger partial charge in [-0.25, -0.2) is 4.39 Å². The first-order valence-electron chi connectivity index (χ1n) is 7.82. The van der Waals surface area contributed by atoms with Crippen molar-refractivity contribution < 1.29 is 9.18 Å². The second-order valence-corrected chi connectivity index (χ2v) is 7.05. The number of halogens is 1. The van der Waals surface area contributed by atoms with E-state index in [9.17, 15) is 9.18 Å². The highest BCUT2D eigenvalue weighted by molar-refractivity contribution is 5.97. The zero-order valence-corrected chi connectivity index (χ0v) is 14.3. The summed E-state index contributed by atoms with van der Waals surface area (Å²) in [4.78, 5) is 14.1. The average molecular weight is 313 g/mol. The van der Waals surface area contributed by atoms with Crippen LogP contribution < -0.4 is 0 Å². The van der Waals surface area contributed by atoms with E-state index in [2.05, 4.69) is 45.0 Å². The van der Waals surface area contributed by atoms with Crippen molar-refractivity contribution >= 4 is 5.78 Å².